The highest BCUT2D eigenvalue weighted by Crippen LogP contribution is 1.85. The molecule has 0 heterocycles. The summed E-state index contributed by atoms with van der Waals surface area (Å²) in [7, 11) is 0. The first-order chi connectivity index (χ1) is 4.16. The molecule has 0 aromatic rings. The van der Waals surface area contributed by atoms with Gasteiger partial charge < -0.3 is 4.79 Å². The van der Waals surface area contributed by atoms with E-state index in [1.807, 2.05) is 0 Å². The molecule has 0 aliphatic carbocycles. The molecule has 0 saturated carbocycles. The lowest BCUT2D eigenvalue weighted by atomic mass is 10.3. The maximum atomic E-state index is 9.97. The third-order valence-electron chi connectivity index (χ3n) is 0.752. The van der Waals surface area contributed by atoms with Crippen LogP contribution in [0.2, 0.25) is 0 Å². The number of nitrogens with one attached hydrogen (secondary N) is 1. The van der Waals surface area contributed by atoms with Gasteiger partial charge in [-0.15, -0.1) is 0 Å². The molecule has 0 radical (unpaired) electrons. The molecule has 0 aliphatic heterocycles. The van der Waals surface area contributed by atoms with E-state index in [1.165, 1.54) is 0 Å². The third-order valence-corrected chi connectivity index (χ3v) is 1.36. The molecule has 2 N–H and O–H groups in total. The molecule has 0 bridgehead atoms. The van der Waals surface area contributed by atoms with Crippen LogP contribution in [0.1, 0.15) is 13.3 Å². The molecule has 0 fully saturated rings. The molecular formula is C4H9NO3S. The lowest BCUT2D eigenvalue weighted by molar-refractivity contribution is -0.108. The first-order valence-electron chi connectivity index (χ1n) is 2.47. The Morgan fingerprint density at radius 3 is 2.78 bits per heavy atom. The largest absolute Gasteiger partial charge is 0.303 e. The van der Waals surface area contributed by atoms with Crippen LogP contribution in [0.15, 0.2) is 0 Å². The number of hydrogen-bond donors (Lipinski definition) is 2. The van der Waals surface area contributed by atoms with Crippen LogP contribution < -0.4 is 4.72 Å². The summed E-state index contributed by atoms with van der Waals surface area (Å²) >= 11 is -2.01. The standard InChI is InChI=1S/C4H9NO3S/c1-4(2-3-6)5-9(7)8/h3-5H,2H2,1H3,(H,7,8). The fourth-order valence-corrected chi connectivity index (χ4v) is 0.805. The summed E-state index contributed by atoms with van der Waals surface area (Å²) < 4.78 is 20.4. The zero-order valence-electron chi connectivity index (χ0n) is 5.03. The predicted octanol–water partition coefficient (Wildman–Crippen LogP) is -0.310. The van der Waals surface area contributed by atoms with Gasteiger partial charge in [0.2, 0.25) is 11.3 Å². The van der Waals surface area contributed by atoms with Crippen LogP contribution in [0.4, 0.5) is 0 Å². The van der Waals surface area contributed by atoms with Gasteiger partial charge in [0.05, 0.1) is 0 Å². The van der Waals surface area contributed by atoms with E-state index in [1.54, 1.807) is 6.92 Å². The van der Waals surface area contributed by atoms with Gasteiger partial charge in [0.15, 0.2) is 0 Å². The Morgan fingerprint density at radius 2 is 2.44 bits per heavy atom. The molecule has 2 atom stereocenters. The second-order valence-corrected chi connectivity index (χ2v) is 2.40. The molecule has 0 aromatic heterocycles. The van der Waals surface area contributed by atoms with Crippen molar-refractivity contribution < 1.29 is 13.6 Å². The van der Waals surface area contributed by atoms with E-state index < -0.39 is 11.3 Å². The summed E-state index contributed by atoms with van der Waals surface area (Å²) in [4.78, 5) is 9.78. The van der Waals surface area contributed by atoms with E-state index in [0.29, 0.717) is 6.29 Å². The number of carbonyl (C=O) groups excluding carboxylic acids is 1. The van der Waals surface area contributed by atoms with Gasteiger partial charge in [0.25, 0.3) is 0 Å². The third kappa shape index (κ3) is 5.61. The van der Waals surface area contributed by atoms with Crippen LogP contribution in [-0.4, -0.2) is 21.1 Å². The van der Waals surface area contributed by atoms with Gasteiger partial charge in [-0.25, -0.2) is 8.93 Å². The van der Waals surface area contributed by atoms with Crippen molar-refractivity contribution in [2.75, 3.05) is 0 Å². The Labute approximate surface area is 56.1 Å². The zero-order valence-corrected chi connectivity index (χ0v) is 5.85. The molecule has 0 spiro atoms. The van der Waals surface area contributed by atoms with E-state index in [-0.39, 0.29) is 12.5 Å². The van der Waals surface area contributed by atoms with E-state index >= 15 is 0 Å². The van der Waals surface area contributed by atoms with Gasteiger partial charge in [-0.2, -0.15) is 0 Å². The Bertz CT molecular complexity index is 116. The van der Waals surface area contributed by atoms with E-state index in [0.717, 1.165) is 0 Å². The van der Waals surface area contributed by atoms with Crippen molar-refractivity contribution in [1.29, 1.82) is 0 Å². The Balaban J connectivity index is 3.37. The van der Waals surface area contributed by atoms with E-state index in [2.05, 4.69) is 4.72 Å². The number of carbonyl (C=O) groups is 1. The van der Waals surface area contributed by atoms with Crippen LogP contribution in [0.5, 0.6) is 0 Å². The highest BCUT2D eigenvalue weighted by Gasteiger charge is 2.01. The summed E-state index contributed by atoms with van der Waals surface area (Å²) in [6.07, 6.45) is 0.955. The van der Waals surface area contributed by atoms with Crippen molar-refractivity contribution in [3.8, 4) is 0 Å². The summed E-state index contributed by atoms with van der Waals surface area (Å²) in [5.41, 5.74) is 0. The van der Waals surface area contributed by atoms with Crippen molar-refractivity contribution in [2.24, 2.45) is 0 Å². The predicted molar refractivity (Wildman–Crippen MR) is 34.0 cm³/mol. The Morgan fingerprint density at radius 1 is 1.89 bits per heavy atom. The smallest absolute Gasteiger partial charge is 0.231 e. The van der Waals surface area contributed by atoms with Gasteiger partial charge in [-0.1, -0.05) is 0 Å². The monoisotopic (exact) mass is 151 g/mol. The van der Waals surface area contributed by atoms with E-state index in [4.69, 9.17) is 4.55 Å². The fourth-order valence-electron chi connectivity index (χ4n) is 0.365. The molecule has 54 valence electrons. The normalized spacial score (nSPS) is 16.7. The van der Waals surface area contributed by atoms with Crippen molar-refractivity contribution in [3.63, 3.8) is 0 Å². The molecule has 2 unspecified atom stereocenters. The second-order valence-electron chi connectivity index (χ2n) is 1.67. The fraction of sp³-hybridized carbons (Fsp3) is 0.750. The first kappa shape index (κ1) is 8.74. The highest BCUT2D eigenvalue weighted by molar-refractivity contribution is 7.77. The van der Waals surface area contributed by atoms with Gasteiger partial charge in [-0.3, -0.25) is 4.55 Å². The first-order valence-corrected chi connectivity index (χ1v) is 3.58. The summed E-state index contributed by atoms with van der Waals surface area (Å²) in [6, 6.07) is -0.228. The van der Waals surface area contributed by atoms with Crippen LogP contribution in [-0.2, 0) is 16.1 Å². The average molecular weight is 151 g/mol. The Hall–Kier alpha value is -0.260. The molecule has 0 rings (SSSR count). The molecule has 0 amide bonds. The molecule has 5 heteroatoms. The summed E-state index contributed by atoms with van der Waals surface area (Å²) in [5, 5.41) is 0. The van der Waals surface area contributed by atoms with Crippen LogP contribution in [0.3, 0.4) is 0 Å². The molecule has 0 saturated heterocycles. The molecule has 0 aromatic carbocycles. The molecule has 4 nitrogen and oxygen atoms in total. The SMILES string of the molecule is CC(CC=O)NS(=O)O. The number of aldehydes is 1. The molecule has 0 aliphatic rings. The minimum absolute atomic E-state index is 0.228. The zero-order chi connectivity index (χ0) is 7.28. The van der Waals surface area contributed by atoms with Crippen molar-refractivity contribution in [3.05, 3.63) is 0 Å². The maximum absolute atomic E-state index is 9.97. The quantitative estimate of drug-likeness (QED) is 0.428. The Kier molecular flexibility index (Phi) is 4.47. The summed E-state index contributed by atoms with van der Waals surface area (Å²) in [6.45, 7) is 1.66. The van der Waals surface area contributed by atoms with Crippen molar-refractivity contribution >= 4 is 17.6 Å². The van der Waals surface area contributed by atoms with Gasteiger partial charge in [0.1, 0.15) is 6.29 Å². The minimum Gasteiger partial charge on any atom is -0.303 e. The molecular weight excluding hydrogens is 142 g/mol. The van der Waals surface area contributed by atoms with Gasteiger partial charge in [0, 0.05) is 12.5 Å². The van der Waals surface area contributed by atoms with Crippen molar-refractivity contribution in [2.45, 2.75) is 19.4 Å². The van der Waals surface area contributed by atoms with Gasteiger partial charge in [-0.05, 0) is 6.92 Å². The lowest BCUT2D eigenvalue weighted by Crippen LogP contribution is -2.27. The van der Waals surface area contributed by atoms with Crippen LogP contribution in [0, 0.1) is 0 Å². The summed E-state index contributed by atoms with van der Waals surface area (Å²) in [5.74, 6) is 0. The topological polar surface area (TPSA) is 66.4 Å². The van der Waals surface area contributed by atoms with Gasteiger partial charge >= 0.3 is 0 Å². The minimum atomic E-state index is -2.01. The van der Waals surface area contributed by atoms with Crippen LogP contribution in [0.25, 0.3) is 0 Å². The number of rotatable bonds is 4. The average Bonchev–Trinajstić information content (AvgIpc) is 1.63. The van der Waals surface area contributed by atoms with E-state index in [9.17, 15) is 9.00 Å². The maximum Gasteiger partial charge on any atom is 0.231 e. The highest BCUT2D eigenvalue weighted by atomic mass is 32.2. The molecule has 9 heavy (non-hydrogen) atoms. The second kappa shape index (κ2) is 4.60. The van der Waals surface area contributed by atoms with Crippen molar-refractivity contribution in [1.82, 2.24) is 4.72 Å². The van der Waals surface area contributed by atoms with Crippen LogP contribution >= 0.6 is 0 Å². The lowest BCUT2D eigenvalue weighted by Gasteiger charge is -2.03. The number of hydrogen-bond acceptors (Lipinski definition) is 2.